The van der Waals surface area contributed by atoms with E-state index < -0.39 is 0 Å². The van der Waals surface area contributed by atoms with E-state index in [1.54, 1.807) is 0 Å². The van der Waals surface area contributed by atoms with E-state index in [4.69, 9.17) is 5.73 Å². The van der Waals surface area contributed by atoms with Crippen molar-refractivity contribution in [2.75, 3.05) is 23.7 Å². The summed E-state index contributed by atoms with van der Waals surface area (Å²) in [5, 5.41) is 0. The monoisotopic (exact) mass is 282 g/mol. The van der Waals surface area contributed by atoms with Gasteiger partial charge in [0.05, 0.1) is 5.69 Å². The zero-order chi connectivity index (χ0) is 11.7. The van der Waals surface area contributed by atoms with Crippen LogP contribution in [0.25, 0.3) is 0 Å². The molecule has 1 heterocycles. The average Bonchev–Trinajstić information content (AvgIpc) is 2.25. The normalized spacial score (nSPS) is 17.8. The number of nitrogens with zero attached hydrogens (tertiary/aromatic N) is 1. The molecule has 0 bridgehead atoms. The third kappa shape index (κ3) is 2.34. The van der Waals surface area contributed by atoms with Crippen molar-refractivity contribution in [3.05, 3.63) is 22.2 Å². The number of nitrogens with two attached hydrogens (primary N) is 1. The van der Waals surface area contributed by atoms with Gasteiger partial charge in [0, 0.05) is 23.2 Å². The lowest BCUT2D eigenvalue weighted by molar-refractivity contribution is 0.438. The fourth-order valence-corrected chi connectivity index (χ4v) is 2.88. The van der Waals surface area contributed by atoms with Gasteiger partial charge in [0.25, 0.3) is 0 Å². The number of benzene rings is 1. The molecule has 1 aromatic carbocycles. The Kier molecular flexibility index (Phi) is 3.43. The van der Waals surface area contributed by atoms with Gasteiger partial charge >= 0.3 is 0 Å². The lowest BCUT2D eigenvalue weighted by Crippen LogP contribution is -2.33. The van der Waals surface area contributed by atoms with Crippen LogP contribution in [0.2, 0.25) is 0 Å². The van der Waals surface area contributed by atoms with Crippen molar-refractivity contribution in [2.24, 2.45) is 5.92 Å². The summed E-state index contributed by atoms with van der Waals surface area (Å²) >= 11 is 3.63. The Hall–Kier alpha value is -0.700. The summed E-state index contributed by atoms with van der Waals surface area (Å²) < 4.78 is 1.16. The molecular formula is C13H19BrN2. The summed E-state index contributed by atoms with van der Waals surface area (Å²) in [5.74, 6) is 0.859. The number of aryl methyl sites for hydroxylation is 1. The second-order valence-corrected chi connectivity index (χ2v) is 5.68. The molecule has 2 N–H and O–H groups in total. The van der Waals surface area contributed by atoms with Crippen LogP contribution in [-0.4, -0.2) is 13.1 Å². The molecule has 0 aliphatic carbocycles. The largest absolute Gasteiger partial charge is 0.398 e. The Morgan fingerprint density at radius 3 is 2.56 bits per heavy atom. The number of hydrogen-bond acceptors (Lipinski definition) is 2. The van der Waals surface area contributed by atoms with Crippen LogP contribution in [0.3, 0.4) is 0 Å². The Morgan fingerprint density at radius 2 is 1.94 bits per heavy atom. The average molecular weight is 283 g/mol. The van der Waals surface area contributed by atoms with E-state index in [0.717, 1.165) is 34.7 Å². The van der Waals surface area contributed by atoms with Gasteiger partial charge in [0.1, 0.15) is 0 Å². The van der Waals surface area contributed by atoms with Gasteiger partial charge in [-0.3, -0.25) is 0 Å². The summed E-state index contributed by atoms with van der Waals surface area (Å²) in [7, 11) is 0. The topological polar surface area (TPSA) is 29.3 Å². The van der Waals surface area contributed by atoms with Crippen molar-refractivity contribution in [3.63, 3.8) is 0 Å². The molecule has 2 nitrogen and oxygen atoms in total. The number of anilines is 2. The molecule has 0 radical (unpaired) electrons. The minimum atomic E-state index is 0.859. The van der Waals surface area contributed by atoms with Crippen molar-refractivity contribution in [1.29, 1.82) is 0 Å². The molecule has 0 aromatic heterocycles. The fourth-order valence-electron chi connectivity index (χ4n) is 2.17. The maximum atomic E-state index is 5.98. The van der Waals surface area contributed by atoms with Crippen LogP contribution in [-0.2, 0) is 0 Å². The molecule has 0 atom stereocenters. The summed E-state index contributed by atoms with van der Waals surface area (Å²) in [4.78, 5) is 2.43. The van der Waals surface area contributed by atoms with Gasteiger partial charge in [0.2, 0.25) is 0 Å². The molecule has 1 aliphatic rings. The molecule has 88 valence electrons. The van der Waals surface area contributed by atoms with Gasteiger partial charge in [-0.25, -0.2) is 0 Å². The Morgan fingerprint density at radius 1 is 1.31 bits per heavy atom. The highest BCUT2D eigenvalue weighted by molar-refractivity contribution is 9.10. The van der Waals surface area contributed by atoms with Crippen LogP contribution in [0.15, 0.2) is 16.6 Å². The lowest BCUT2D eigenvalue weighted by Gasteiger charge is -2.33. The predicted octanol–water partition coefficient (Wildman–Crippen LogP) is 3.58. The second kappa shape index (κ2) is 4.66. The number of piperidine rings is 1. The fraction of sp³-hybridized carbons (Fsp3) is 0.538. The summed E-state index contributed by atoms with van der Waals surface area (Å²) in [6.45, 7) is 6.66. The molecule has 1 aliphatic heterocycles. The molecule has 0 saturated carbocycles. The minimum Gasteiger partial charge on any atom is -0.398 e. The van der Waals surface area contributed by atoms with Crippen LogP contribution in [0, 0.1) is 12.8 Å². The quantitative estimate of drug-likeness (QED) is 0.798. The van der Waals surface area contributed by atoms with Crippen molar-refractivity contribution in [3.8, 4) is 0 Å². The minimum absolute atomic E-state index is 0.859. The van der Waals surface area contributed by atoms with Gasteiger partial charge in [-0.05, 0) is 59.3 Å². The van der Waals surface area contributed by atoms with Gasteiger partial charge in [-0.1, -0.05) is 6.92 Å². The van der Waals surface area contributed by atoms with Crippen LogP contribution in [0.1, 0.15) is 25.3 Å². The SMILES string of the molecule is Cc1cc(Br)c(N2CCC(C)CC2)cc1N. The summed E-state index contributed by atoms with van der Waals surface area (Å²) in [6, 6.07) is 4.21. The third-order valence-electron chi connectivity index (χ3n) is 3.46. The first-order valence-electron chi connectivity index (χ1n) is 5.88. The summed E-state index contributed by atoms with van der Waals surface area (Å²) in [5.41, 5.74) is 9.25. The molecule has 16 heavy (non-hydrogen) atoms. The summed E-state index contributed by atoms with van der Waals surface area (Å²) in [6.07, 6.45) is 2.56. The number of rotatable bonds is 1. The van der Waals surface area contributed by atoms with E-state index in [9.17, 15) is 0 Å². The highest BCUT2D eigenvalue weighted by Gasteiger charge is 2.18. The predicted molar refractivity (Wildman–Crippen MR) is 73.9 cm³/mol. The zero-order valence-corrected chi connectivity index (χ0v) is 11.5. The van der Waals surface area contributed by atoms with Crippen LogP contribution < -0.4 is 10.6 Å². The highest BCUT2D eigenvalue weighted by atomic mass is 79.9. The molecular weight excluding hydrogens is 264 g/mol. The maximum absolute atomic E-state index is 5.98. The Bertz CT molecular complexity index is 382. The first kappa shape index (κ1) is 11.8. The van der Waals surface area contributed by atoms with Crippen LogP contribution in [0.5, 0.6) is 0 Å². The van der Waals surface area contributed by atoms with Crippen molar-refractivity contribution >= 4 is 27.3 Å². The van der Waals surface area contributed by atoms with Gasteiger partial charge < -0.3 is 10.6 Å². The van der Waals surface area contributed by atoms with Crippen LogP contribution >= 0.6 is 15.9 Å². The number of nitrogen functional groups attached to an aromatic ring is 1. The molecule has 1 aromatic rings. The van der Waals surface area contributed by atoms with E-state index in [1.807, 2.05) is 6.92 Å². The molecule has 0 spiro atoms. The maximum Gasteiger partial charge on any atom is 0.0531 e. The smallest absolute Gasteiger partial charge is 0.0531 e. The molecule has 3 heteroatoms. The highest BCUT2D eigenvalue weighted by Crippen LogP contribution is 2.33. The van der Waals surface area contributed by atoms with Gasteiger partial charge in [-0.15, -0.1) is 0 Å². The van der Waals surface area contributed by atoms with E-state index in [-0.39, 0.29) is 0 Å². The van der Waals surface area contributed by atoms with E-state index in [1.165, 1.54) is 18.5 Å². The van der Waals surface area contributed by atoms with E-state index in [2.05, 4.69) is 39.9 Å². The van der Waals surface area contributed by atoms with Crippen molar-refractivity contribution in [1.82, 2.24) is 0 Å². The van der Waals surface area contributed by atoms with E-state index in [0.29, 0.717) is 0 Å². The van der Waals surface area contributed by atoms with Gasteiger partial charge in [0.15, 0.2) is 0 Å². The molecule has 1 fully saturated rings. The number of halogens is 1. The molecule has 1 saturated heterocycles. The van der Waals surface area contributed by atoms with Gasteiger partial charge in [-0.2, -0.15) is 0 Å². The lowest BCUT2D eigenvalue weighted by atomic mass is 9.98. The molecule has 0 unspecified atom stereocenters. The first-order chi connectivity index (χ1) is 7.58. The second-order valence-electron chi connectivity index (χ2n) is 4.83. The molecule has 2 rings (SSSR count). The number of hydrogen-bond donors (Lipinski definition) is 1. The van der Waals surface area contributed by atoms with Crippen LogP contribution in [0.4, 0.5) is 11.4 Å². The third-order valence-corrected chi connectivity index (χ3v) is 4.09. The van der Waals surface area contributed by atoms with Crippen molar-refractivity contribution in [2.45, 2.75) is 26.7 Å². The Labute approximate surface area is 106 Å². The first-order valence-corrected chi connectivity index (χ1v) is 6.68. The molecule has 0 amide bonds. The van der Waals surface area contributed by atoms with E-state index >= 15 is 0 Å². The standard InChI is InChI=1S/C13H19BrN2/c1-9-3-5-16(6-4-9)13-8-12(15)10(2)7-11(13)14/h7-9H,3-6,15H2,1-2H3. The van der Waals surface area contributed by atoms with Crippen molar-refractivity contribution < 1.29 is 0 Å². The Balaban J connectivity index is 2.23. The zero-order valence-electron chi connectivity index (χ0n) is 9.96.